The molecule has 1 aliphatic heterocycles. The molecule has 2 atom stereocenters. The van der Waals surface area contributed by atoms with Gasteiger partial charge >= 0.3 is 0 Å². The van der Waals surface area contributed by atoms with E-state index in [4.69, 9.17) is 4.74 Å². The van der Waals surface area contributed by atoms with Gasteiger partial charge in [-0.05, 0) is 24.1 Å². The van der Waals surface area contributed by atoms with Crippen molar-refractivity contribution in [2.75, 3.05) is 0 Å². The molecule has 3 rings (SSSR count). The van der Waals surface area contributed by atoms with Gasteiger partial charge in [-0.3, -0.25) is 0 Å². The fraction of sp³-hybridized carbons (Fsp3) is 0.333. The van der Waals surface area contributed by atoms with Crippen LogP contribution in [0.1, 0.15) is 37.0 Å². The molecule has 0 radical (unpaired) electrons. The molecule has 2 aromatic carbocycles. The lowest BCUT2D eigenvalue weighted by Gasteiger charge is -2.40. The SMILES string of the molecule is CCC1(Cc2ccccc2)CC(O)c2ccc(Br)cc2O1. The molecule has 3 heteroatoms. The highest BCUT2D eigenvalue weighted by molar-refractivity contribution is 9.10. The molecule has 1 aliphatic rings. The van der Waals surface area contributed by atoms with Gasteiger partial charge in [0.15, 0.2) is 0 Å². The molecule has 0 aliphatic carbocycles. The van der Waals surface area contributed by atoms with E-state index in [1.807, 2.05) is 36.4 Å². The van der Waals surface area contributed by atoms with Gasteiger partial charge in [0.2, 0.25) is 0 Å². The minimum atomic E-state index is -0.467. The molecule has 2 aromatic rings. The second kappa shape index (κ2) is 5.82. The number of fused-ring (bicyclic) bond motifs is 1. The normalized spacial score (nSPS) is 24.2. The summed E-state index contributed by atoms with van der Waals surface area (Å²) in [5.74, 6) is 0.793. The molecule has 21 heavy (non-hydrogen) atoms. The lowest BCUT2D eigenvalue weighted by atomic mass is 9.82. The van der Waals surface area contributed by atoms with Crippen LogP contribution in [0.25, 0.3) is 0 Å². The molecule has 0 spiro atoms. The average molecular weight is 347 g/mol. The third-order valence-electron chi connectivity index (χ3n) is 4.24. The first-order chi connectivity index (χ1) is 10.1. The van der Waals surface area contributed by atoms with Crippen LogP contribution < -0.4 is 4.74 Å². The van der Waals surface area contributed by atoms with Crippen molar-refractivity contribution in [2.45, 2.75) is 37.9 Å². The quantitative estimate of drug-likeness (QED) is 0.875. The van der Waals surface area contributed by atoms with Crippen LogP contribution in [0.15, 0.2) is 53.0 Å². The molecule has 0 saturated heterocycles. The van der Waals surface area contributed by atoms with Crippen molar-refractivity contribution in [2.24, 2.45) is 0 Å². The molecular weight excluding hydrogens is 328 g/mol. The highest BCUT2D eigenvalue weighted by Gasteiger charge is 2.39. The smallest absolute Gasteiger partial charge is 0.127 e. The van der Waals surface area contributed by atoms with Crippen LogP contribution >= 0.6 is 15.9 Å². The van der Waals surface area contributed by atoms with Crippen LogP contribution in [0.5, 0.6) is 5.75 Å². The van der Waals surface area contributed by atoms with Gasteiger partial charge in [0.25, 0.3) is 0 Å². The molecular formula is C18H19BrO2. The Bertz CT molecular complexity index is 626. The van der Waals surface area contributed by atoms with Crippen LogP contribution in [0.3, 0.4) is 0 Å². The van der Waals surface area contributed by atoms with E-state index < -0.39 is 6.10 Å². The number of ether oxygens (including phenoxy) is 1. The second-order valence-electron chi connectivity index (χ2n) is 5.70. The van der Waals surface area contributed by atoms with Crippen molar-refractivity contribution in [1.82, 2.24) is 0 Å². The van der Waals surface area contributed by atoms with Crippen molar-refractivity contribution < 1.29 is 9.84 Å². The zero-order valence-electron chi connectivity index (χ0n) is 12.1. The zero-order chi connectivity index (χ0) is 14.9. The van der Waals surface area contributed by atoms with Gasteiger partial charge in [-0.1, -0.05) is 59.3 Å². The largest absolute Gasteiger partial charge is 0.486 e. The molecule has 0 saturated carbocycles. The molecule has 110 valence electrons. The van der Waals surface area contributed by atoms with Crippen molar-refractivity contribution in [1.29, 1.82) is 0 Å². The minimum absolute atomic E-state index is 0.339. The minimum Gasteiger partial charge on any atom is -0.486 e. The van der Waals surface area contributed by atoms with Gasteiger partial charge in [-0.25, -0.2) is 0 Å². The third-order valence-corrected chi connectivity index (χ3v) is 4.73. The molecule has 1 heterocycles. The number of benzene rings is 2. The Balaban J connectivity index is 1.94. The Morgan fingerprint density at radius 3 is 2.71 bits per heavy atom. The molecule has 0 aromatic heterocycles. The Morgan fingerprint density at radius 1 is 1.24 bits per heavy atom. The molecule has 0 bridgehead atoms. The van der Waals surface area contributed by atoms with E-state index in [1.165, 1.54) is 5.56 Å². The average Bonchev–Trinajstić information content (AvgIpc) is 2.47. The second-order valence-corrected chi connectivity index (χ2v) is 6.62. The fourth-order valence-corrected chi connectivity index (χ4v) is 3.37. The topological polar surface area (TPSA) is 29.5 Å². The zero-order valence-corrected chi connectivity index (χ0v) is 13.6. The monoisotopic (exact) mass is 346 g/mol. The number of hydrogen-bond donors (Lipinski definition) is 1. The first-order valence-electron chi connectivity index (χ1n) is 7.32. The predicted octanol–water partition coefficient (Wildman–Crippen LogP) is 4.66. The summed E-state index contributed by atoms with van der Waals surface area (Å²) in [5, 5.41) is 10.5. The van der Waals surface area contributed by atoms with Crippen molar-refractivity contribution in [3.63, 3.8) is 0 Å². The molecule has 2 nitrogen and oxygen atoms in total. The van der Waals surface area contributed by atoms with Gasteiger partial charge in [0, 0.05) is 22.9 Å². The maximum Gasteiger partial charge on any atom is 0.127 e. The van der Waals surface area contributed by atoms with Crippen LogP contribution in [0.2, 0.25) is 0 Å². The van der Waals surface area contributed by atoms with E-state index >= 15 is 0 Å². The lowest BCUT2D eigenvalue weighted by molar-refractivity contribution is -0.0168. The van der Waals surface area contributed by atoms with Crippen molar-refractivity contribution >= 4 is 15.9 Å². The molecule has 2 unspecified atom stereocenters. The highest BCUT2D eigenvalue weighted by Crippen LogP contribution is 2.43. The number of rotatable bonds is 3. The van der Waals surface area contributed by atoms with Crippen LogP contribution in [-0.2, 0) is 6.42 Å². The third kappa shape index (κ3) is 2.99. The summed E-state index contributed by atoms with van der Waals surface area (Å²) in [4.78, 5) is 0. The van der Waals surface area contributed by atoms with E-state index in [-0.39, 0.29) is 5.60 Å². The predicted molar refractivity (Wildman–Crippen MR) is 87.5 cm³/mol. The van der Waals surface area contributed by atoms with E-state index in [9.17, 15) is 5.11 Å². The number of aliphatic hydroxyl groups excluding tert-OH is 1. The Morgan fingerprint density at radius 2 is 2.00 bits per heavy atom. The maximum absolute atomic E-state index is 10.5. The van der Waals surface area contributed by atoms with Crippen molar-refractivity contribution in [3.8, 4) is 5.75 Å². The summed E-state index contributed by atoms with van der Waals surface area (Å²) in [5.41, 5.74) is 1.79. The summed E-state index contributed by atoms with van der Waals surface area (Å²) >= 11 is 3.48. The fourth-order valence-electron chi connectivity index (χ4n) is 3.03. The summed E-state index contributed by atoms with van der Waals surface area (Å²) in [6.45, 7) is 2.12. The maximum atomic E-state index is 10.5. The summed E-state index contributed by atoms with van der Waals surface area (Å²) in [7, 11) is 0. The van der Waals surface area contributed by atoms with Gasteiger partial charge in [0.05, 0.1) is 6.10 Å². The summed E-state index contributed by atoms with van der Waals surface area (Å²) < 4.78 is 7.31. The Hall–Kier alpha value is -1.32. The standard InChI is InChI=1S/C18H19BrO2/c1-2-18(11-13-6-4-3-5-7-13)12-16(20)15-9-8-14(19)10-17(15)21-18/h3-10,16,20H,2,11-12H2,1H3. The van der Waals surface area contributed by atoms with Gasteiger partial charge in [-0.15, -0.1) is 0 Å². The van der Waals surface area contributed by atoms with Gasteiger partial charge in [-0.2, -0.15) is 0 Å². The van der Waals surface area contributed by atoms with E-state index in [1.54, 1.807) is 0 Å². The highest BCUT2D eigenvalue weighted by atomic mass is 79.9. The van der Waals surface area contributed by atoms with Gasteiger partial charge < -0.3 is 9.84 Å². The summed E-state index contributed by atoms with van der Waals surface area (Å²) in [6, 6.07) is 16.2. The Labute approximate surface area is 133 Å². The number of hydrogen-bond acceptors (Lipinski definition) is 2. The Kier molecular flexibility index (Phi) is 4.05. The van der Waals surface area contributed by atoms with Gasteiger partial charge in [0.1, 0.15) is 11.4 Å². The number of halogens is 1. The lowest BCUT2D eigenvalue weighted by Crippen LogP contribution is -2.42. The first-order valence-corrected chi connectivity index (χ1v) is 8.12. The van der Waals surface area contributed by atoms with E-state index in [2.05, 4.69) is 35.0 Å². The van der Waals surface area contributed by atoms with Crippen LogP contribution in [-0.4, -0.2) is 10.7 Å². The van der Waals surface area contributed by atoms with E-state index in [0.29, 0.717) is 6.42 Å². The van der Waals surface area contributed by atoms with Crippen molar-refractivity contribution in [3.05, 3.63) is 64.1 Å². The first kappa shape index (κ1) is 14.6. The van der Waals surface area contributed by atoms with E-state index in [0.717, 1.165) is 28.6 Å². The molecule has 0 fully saturated rings. The number of aliphatic hydroxyl groups is 1. The molecule has 1 N–H and O–H groups in total. The van der Waals surface area contributed by atoms with Crippen LogP contribution in [0.4, 0.5) is 0 Å². The van der Waals surface area contributed by atoms with Crippen LogP contribution in [0, 0.1) is 0 Å². The molecule has 0 amide bonds. The summed E-state index contributed by atoms with van der Waals surface area (Å²) in [6.07, 6.45) is 1.84.